The minimum absolute atomic E-state index is 0.0611. The van der Waals surface area contributed by atoms with E-state index in [9.17, 15) is 14.4 Å². The van der Waals surface area contributed by atoms with Crippen molar-refractivity contribution in [3.8, 4) is 5.75 Å². The van der Waals surface area contributed by atoms with E-state index in [1.165, 1.54) is 17.9 Å². The lowest BCUT2D eigenvalue weighted by Crippen LogP contribution is -2.37. The van der Waals surface area contributed by atoms with Crippen molar-refractivity contribution >= 4 is 17.1 Å². The van der Waals surface area contributed by atoms with Gasteiger partial charge in [-0.2, -0.15) is 0 Å². The van der Waals surface area contributed by atoms with Gasteiger partial charge in [-0.3, -0.25) is 13.9 Å². The molecule has 0 aliphatic carbocycles. The van der Waals surface area contributed by atoms with Crippen LogP contribution in [0, 0.1) is 0 Å². The van der Waals surface area contributed by atoms with E-state index in [0.29, 0.717) is 29.1 Å². The minimum atomic E-state index is -0.461. The quantitative estimate of drug-likeness (QED) is 0.392. The average Bonchev–Trinajstić information content (AvgIpc) is 3.18. The number of ether oxygens (including phenoxy) is 2. The van der Waals surface area contributed by atoms with Crippen molar-refractivity contribution in [2.45, 2.75) is 32.7 Å². The molecule has 0 spiro atoms. The molecule has 9 heteroatoms. The first-order chi connectivity index (χ1) is 14.4. The Morgan fingerprint density at radius 2 is 1.77 bits per heavy atom. The number of hydrogen-bond acceptors (Lipinski definition) is 6. The van der Waals surface area contributed by atoms with E-state index in [-0.39, 0.29) is 13.2 Å². The van der Waals surface area contributed by atoms with Crippen molar-refractivity contribution in [1.82, 2.24) is 18.7 Å². The molecule has 2 aromatic heterocycles. The number of hydrogen-bond donors (Lipinski definition) is 0. The van der Waals surface area contributed by atoms with E-state index in [0.717, 1.165) is 23.8 Å². The van der Waals surface area contributed by atoms with Crippen LogP contribution in [0.2, 0.25) is 0 Å². The zero-order chi connectivity index (χ0) is 21.7. The van der Waals surface area contributed by atoms with Crippen molar-refractivity contribution < 1.29 is 14.3 Å². The second-order valence-electron chi connectivity index (χ2n) is 7.03. The fourth-order valence-corrected chi connectivity index (χ4v) is 3.12. The molecule has 0 fully saturated rings. The van der Waals surface area contributed by atoms with Crippen molar-refractivity contribution in [2.24, 2.45) is 14.1 Å². The predicted molar refractivity (Wildman–Crippen MR) is 112 cm³/mol. The number of rotatable bonds is 9. The molecule has 0 radical (unpaired) electrons. The summed E-state index contributed by atoms with van der Waals surface area (Å²) in [6.07, 6.45) is 4.72. The van der Waals surface area contributed by atoms with Crippen molar-refractivity contribution in [3.63, 3.8) is 0 Å². The van der Waals surface area contributed by atoms with Gasteiger partial charge < -0.3 is 14.0 Å². The molecule has 3 rings (SSSR count). The summed E-state index contributed by atoms with van der Waals surface area (Å²) in [5.41, 5.74) is 0.127. The lowest BCUT2D eigenvalue weighted by Gasteiger charge is -2.09. The van der Waals surface area contributed by atoms with Gasteiger partial charge in [0.1, 0.15) is 12.4 Å². The van der Waals surface area contributed by atoms with E-state index in [2.05, 4.69) is 11.9 Å². The highest BCUT2D eigenvalue weighted by molar-refractivity contribution is 5.89. The zero-order valence-electron chi connectivity index (χ0n) is 17.5. The molecule has 0 amide bonds. The molecule has 3 aromatic rings. The fourth-order valence-electron chi connectivity index (χ4n) is 3.12. The van der Waals surface area contributed by atoms with Crippen LogP contribution in [0.1, 0.15) is 36.5 Å². The fraction of sp³-hybridized carbons (Fsp3) is 0.429. The van der Waals surface area contributed by atoms with Crippen molar-refractivity contribution in [2.75, 3.05) is 13.2 Å². The van der Waals surface area contributed by atoms with Crippen LogP contribution in [0.5, 0.6) is 5.75 Å². The molecule has 0 bridgehead atoms. The molecule has 30 heavy (non-hydrogen) atoms. The minimum Gasteiger partial charge on any atom is -0.494 e. The monoisotopic (exact) mass is 414 g/mol. The molecule has 0 aliphatic rings. The van der Waals surface area contributed by atoms with Crippen LogP contribution in [0.25, 0.3) is 11.2 Å². The molecule has 0 aliphatic heterocycles. The van der Waals surface area contributed by atoms with E-state index in [4.69, 9.17) is 9.47 Å². The SMILES string of the molecule is CCCCCOc1ccc(C(=O)OCCn2cnc3c2c(=O)n(C)c(=O)n3C)cc1. The largest absolute Gasteiger partial charge is 0.494 e. The highest BCUT2D eigenvalue weighted by Crippen LogP contribution is 2.14. The predicted octanol–water partition coefficient (Wildman–Crippen LogP) is 1.86. The van der Waals surface area contributed by atoms with Crippen LogP contribution in [0.15, 0.2) is 40.2 Å². The molecular formula is C21H26N4O5. The van der Waals surface area contributed by atoms with Crippen molar-refractivity contribution in [3.05, 3.63) is 57.0 Å². The molecule has 9 nitrogen and oxygen atoms in total. The summed E-state index contributed by atoms with van der Waals surface area (Å²) in [6.45, 7) is 3.10. The lowest BCUT2D eigenvalue weighted by atomic mass is 10.2. The number of aryl methyl sites for hydroxylation is 1. The normalized spacial score (nSPS) is 11.0. The Bertz CT molecular complexity index is 1140. The van der Waals surface area contributed by atoms with Crippen molar-refractivity contribution in [1.29, 1.82) is 0 Å². The van der Waals surface area contributed by atoms with Gasteiger partial charge >= 0.3 is 11.7 Å². The first-order valence-corrected chi connectivity index (χ1v) is 9.95. The smallest absolute Gasteiger partial charge is 0.338 e. The Balaban J connectivity index is 1.60. The van der Waals surface area contributed by atoms with Crippen LogP contribution < -0.4 is 16.0 Å². The lowest BCUT2D eigenvalue weighted by molar-refractivity contribution is 0.0492. The maximum atomic E-state index is 12.4. The number of nitrogens with zero attached hydrogens (tertiary/aromatic N) is 4. The van der Waals surface area contributed by atoms with Gasteiger partial charge in [0.15, 0.2) is 11.2 Å². The van der Waals surface area contributed by atoms with Gasteiger partial charge in [0.25, 0.3) is 5.56 Å². The zero-order valence-corrected chi connectivity index (χ0v) is 17.5. The third-order valence-corrected chi connectivity index (χ3v) is 4.89. The van der Waals surface area contributed by atoms with E-state index < -0.39 is 17.2 Å². The number of aromatic nitrogens is 4. The molecule has 0 atom stereocenters. The summed E-state index contributed by atoms with van der Waals surface area (Å²) < 4.78 is 14.9. The van der Waals surface area contributed by atoms with Crippen LogP contribution in [0.4, 0.5) is 0 Å². The maximum absolute atomic E-state index is 12.4. The van der Waals surface area contributed by atoms with E-state index in [1.807, 2.05) is 0 Å². The van der Waals surface area contributed by atoms with Gasteiger partial charge in [-0.25, -0.2) is 14.6 Å². The van der Waals surface area contributed by atoms with Crippen LogP contribution in [0.3, 0.4) is 0 Å². The average molecular weight is 414 g/mol. The van der Waals surface area contributed by atoms with Crippen LogP contribution >= 0.6 is 0 Å². The number of esters is 1. The number of fused-ring (bicyclic) bond motifs is 1. The van der Waals surface area contributed by atoms with Crippen LogP contribution in [-0.4, -0.2) is 37.9 Å². The Labute approximate surface area is 173 Å². The summed E-state index contributed by atoms with van der Waals surface area (Å²) in [6, 6.07) is 6.82. The molecule has 0 saturated heterocycles. The van der Waals surface area contributed by atoms with E-state index >= 15 is 0 Å². The van der Waals surface area contributed by atoms with Gasteiger partial charge in [0.05, 0.1) is 25.0 Å². The van der Waals surface area contributed by atoms with Gasteiger partial charge in [-0.15, -0.1) is 0 Å². The topological polar surface area (TPSA) is 97.3 Å². The first-order valence-electron chi connectivity index (χ1n) is 9.95. The highest BCUT2D eigenvalue weighted by Gasteiger charge is 2.14. The maximum Gasteiger partial charge on any atom is 0.338 e. The van der Waals surface area contributed by atoms with Crippen LogP contribution in [-0.2, 0) is 25.4 Å². The summed E-state index contributed by atoms with van der Waals surface area (Å²) in [5.74, 6) is 0.256. The Hall–Kier alpha value is -3.36. The molecule has 0 N–H and O–H groups in total. The third-order valence-electron chi connectivity index (χ3n) is 4.89. The summed E-state index contributed by atoms with van der Waals surface area (Å²) in [7, 11) is 2.97. The number of carbonyl (C=O) groups excluding carboxylic acids is 1. The summed E-state index contributed by atoms with van der Waals surface area (Å²) >= 11 is 0. The van der Waals surface area contributed by atoms with Gasteiger partial charge in [0.2, 0.25) is 0 Å². The molecule has 0 saturated carbocycles. The van der Waals surface area contributed by atoms with E-state index in [1.54, 1.807) is 35.9 Å². The van der Waals surface area contributed by atoms with Gasteiger partial charge in [-0.1, -0.05) is 19.8 Å². The number of carbonyl (C=O) groups is 1. The first kappa shape index (κ1) is 21.4. The third kappa shape index (κ3) is 4.45. The van der Waals surface area contributed by atoms with Gasteiger partial charge in [0, 0.05) is 14.1 Å². The Morgan fingerprint density at radius 1 is 1.03 bits per heavy atom. The standard InChI is InChI=1S/C21H26N4O5/c1-4-5-6-12-29-16-9-7-15(8-10-16)20(27)30-13-11-25-14-22-18-17(25)19(26)24(3)21(28)23(18)2/h7-10,14H,4-6,11-13H2,1-3H3. The Morgan fingerprint density at radius 3 is 2.47 bits per heavy atom. The molecule has 1 aromatic carbocycles. The highest BCUT2D eigenvalue weighted by atomic mass is 16.5. The number of imidazole rings is 1. The molecular weight excluding hydrogens is 388 g/mol. The number of benzene rings is 1. The summed E-state index contributed by atoms with van der Waals surface area (Å²) in [5, 5.41) is 0. The molecule has 2 heterocycles. The molecule has 160 valence electrons. The summed E-state index contributed by atoms with van der Waals surface area (Å²) in [4.78, 5) is 40.8. The second-order valence-corrected chi connectivity index (χ2v) is 7.03. The number of unbranched alkanes of at least 4 members (excludes halogenated alkanes) is 2. The van der Waals surface area contributed by atoms with Gasteiger partial charge in [-0.05, 0) is 30.7 Å². The second kappa shape index (κ2) is 9.43. The Kier molecular flexibility index (Phi) is 6.71. The molecule has 0 unspecified atom stereocenters.